The largest absolute Gasteiger partial charge is 0.492 e. The van der Waals surface area contributed by atoms with E-state index in [1.54, 1.807) is 4.90 Å². The number of carboxylic acids is 1. The Hall–Kier alpha value is -1.99. The highest BCUT2D eigenvalue weighted by Gasteiger charge is 2.51. The third-order valence-corrected chi connectivity index (χ3v) is 5.83. The number of hydrogen-bond donors (Lipinski definition) is 1. The molecular weight excluding hydrogens is 408 g/mol. The lowest BCUT2D eigenvalue weighted by Gasteiger charge is -2.35. The Morgan fingerprint density at radius 3 is 2.30 bits per heavy atom. The molecule has 0 atom stereocenters. The van der Waals surface area contributed by atoms with Crippen LogP contribution in [0.15, 0.2) is 18.2 Å². The molecule has 7 nitrogen and oxygen atoms in total. The van der Waals surface area contributed by atoms with Crippen LogP contribution in [-0.2, 0) is 22.0 Å². The normalized spacial score (nSPS) is 18.7. The first-order valence-corrected chi connectivity index (χ1v) is 10.9. The van der Waals surface area contributed by atoms with Crippen LogP contribution in [-0.4, -0.2) is 65.4 Å². The highest BCUT2D eigenvalue weighted by molar-refractivity contribution is 6.17. The Morgan fingerprint density at radius 1 is 1.13 bits per heavy atom. The van der Waals surface area contributed by atoms with Crippen molar-refractivity contribution in [1.29, 1.82) is 0 Å². The Labute approximate surface area is 182 Å². The summed E-state index contributed by atoms with van der Waals surface area (Å²) in [4.78, 5) is 27.7. The highest BCUT2D eigenvalue weighted by Crippen LogP contribution is 2.46. The van der Waals surface area contributed by atoms with Gasteiger partial charge in [0.2, 0.25) is 0 Å². The van der Waals surface area contributed by atoms with Crippen molar-refractivity contribution >= 4 is 23.7 Å². The molecule has 0 bridgehead atoms. The number of benzene rings is 1. The SMILES string of the molecule is CC(C)(C)OC(=O)N1CCN(Cc2cccc(CCl)c2OCC2(C(=O)O)CC2)CC1. The minimum Gasteiger partial charge on any atom is -0.492 e. The van der Waals surface area contributed by atoms with Crippen molar-refractivity contribution in [2.45, 2.75) is 51.6 Å². The molecule has 1 aliphatic carbocycles. The number of aliphatic carboxylic acids is 1. The Morgan fingerprint density at radius 2 is 1.77 bits per heavy atom. The third kappa shape index (κ3) is 5.58. The van der Waals surface area contributed by atoms with Crippen molar-refractivity contribution in [2.75, 3.05) is 32.8 Å². The third-order valence-electron chi connectivity index (χ3n) is 5.54. The minimum absolute atomic E-state index is 0.162. The molecule has 1 N–H and O–H groups in total. The van der Waals surface area contributed by atoms with Crippen molar-refractivity contribution in [3.05, 3.63) is 29.3 Å². The molecule has 2 fully saturated rings. The van der Waals surface area contributed by atoms with Crippen LogP contribution in [0.5, 0.6) is 5.75 Å². The zero-order valence-corrected chi connectivity index (χ0v) is 18.7. The number of carbonyl (C=O) groups excluding carboxylic acids is 1. The van der Waals surface area contributed by atoms with E-state index in [4.69, 9.17) is 21.1 Å². The average Bonchev–Trinajstić information content (AvgIpc) is 3.47. The molecule has 30 heavy (non-hydrogen) atoms. The van der Waals surface area contributed by atoms with Gasteiger partial charge in [-0.1, -0.05) is 18.2 Å². The molecule has 1 saturated heterocycles. The summed E-state index contributed by atoms with van der Waals surface area (Å²) in [7, 11) is 0. The van der Waals surface area contributed by atoms with E-state index in [-0.39, 0.29) is 12.7 Å². The van der Waals surface area contributed by atoms with E-state index in [2.05, 4.69) is 4.90 Å². The number of ether oxygens (including phenoxy) is 2. The van der Waals surface area contributed by atoms with E-state index in [1.807, 2.05) is 39.0 Å². The van der Waals surface area contributed by atoms with Gasteiger partial charge in [0.15, 0.2) is 0 Å². The highest BCUT2D eigenvalue weighted by atomic mass is 35.5. The number of rotatable bonds is 7. The standard InChI is InChI=1S/C22H31ClN2O5/c1-21(2,3)30-20(28)25-11-9-24(10-12-25)14-17-6-4-5-16(13-23)18(17)29-15-22(7-8-22)19(26)27/h4-6H,7-15H2,1-3H3,(H,26,27). The Bertz CT molecular complexity index is 780. The smallest absolute Gasteiger partial charge is 0.410 e. The van der Waals surface area contributed by atoms with Gasteiger partial charge in [0.25, 0.3) is 0 Å². The van der Waals surface area contributed by atoms with Gasteiger partial charge < -0.3 is 19.5 Å². The first kappa shape index (κ1) is 22.7. The van der Waals surface area contributed by atoms with Gasteiger partial charge >= 0.3 is 12.1 Å². The van der Waals surface area contributed by atoms with Crippen LogP contribution in [0.2, 0.25) is 0 Å². The number of carbonyl (C=O) groups is 2. The molecule has 1 heterocycles. The maximum absolute atomic E-state index is 12.3. The molecule has 8 heteroatoms. The molecule has 1 aromatic carbocycles. The molecule has 1 aromatic rings. The second-order valence-corrected chi connectivity index (χ2v) is 9.42. The number of hydrogen-bond acceptors (Lipinski definition) is 5. The topological polar surface area (TPSA) is 79.3 Å². The Kier molecular flexibility index (Phi) is 6.82. The summed E-state index contributed by atoms with van der Waals surface area (Å²) in [6.07, 6.45) is 1.01. The number of halogens is 1. The molecular formula is C22H31ClN2O5. The van der Waals surface area contributed by atoms with Gasteiger partial charge in [-0.05, 0) is 33.6 Å². The lowest BCUT2D eigenvalue weighted by Crippen LogP contribution is -2.49. The lowest BCUT2D eigenvalue weighted by molar-refractivity contribution is -0.144. The van der Waals surface area contributed by atoms with Crippen LogP contribution in [0.1, 0.15) is 44.7 Å². The summed E-state index contributed by atoms with van der Waals surface area (Å²) in [5, 5.41) is 9.42. The summed E-state index contributed by atoms with van der Waals surface area (Å²) >= 11 is 6.11. The van der Waals surface area contributed by atoms with Gasteiger partial charge in [0, 0.05) is 43.9 Å². The van der Waals surface area contributed by atoms with Crippen LogP contribution >= 0.6 is 11.6 Å². The van der Waals surface area contributed by atoms with E-state index < -0.39 is 17.0 Å². The van der Waals surface area contributed by atoms with Crippen LogP contribution < -0.4 is 4.74 Å². The maximum atomic E-state index is 12.3. The molecule has 1 amide bonds. The molecule has 1 aliphatic heterocycles. The van der Waals surface area contributed by atoms with Crippen LogP contribution in [0, 0.1) is 5.41 Å². The lowest BCUT2D eigenvalue weighted by atomic mass is 10.1. The number of alkyl halides is 1. The molecule has 0 unspecified atom stereocenters. The number of amides is 1. The van der Waals surface area contributed by atoms with Gasteiger partial charge in [-0.3, -0.25) is 9.69 Å². The second-order valence-electron chi connectivity index (χ2n) is 9.16. The second kappa shape index (κ2) is 9.02. The predicted molar refractivity (Wildman–Crippen MR) is 114 cm³/mol. The molecule has 166 valence electrons. The molecule has 0 spiro atoms. The summed E-state index contributed by atoms with van der Waals surface area (Å²) in [6.45, 7) is 9.06. The average molecular weight is 439 g/mol. The Balaban J connectivity index is 1.62. The van der Waals surface area contributed by atoms with Crippen molar-refractivity contribution in [1.82, 2.24) is 9.80 Å². The van der Waals surface area contributed by atoms with Gasteiger partial charge in [0.1, 0.15) is 23.4 Å². The van der Waals surface area contributed by atoms with Crippen molar-refractivity contribution in [3.63, 3.8) is 0 Å². The van der Waals surface area contributed by atoms with Crippen LogP contribution in [0.4, 0.5) is 4.79 Å². The zero-order valence-electron chi connectivity index (χ0n) is 17.9. The van der Waals surface area contributed by atoms with E-state index in [9.17, 15) is 14.7 Å². The van der Waals surface area contributed by atoms with E-state index in [0.29, 0.717) is 44.1 Å². The maximum Gasteiger partial charge on any atom is 0.410 e. The summed E-state index contributed by atoms with van der Waals surface area (Å²) in [6, 6.07) is 5.85. The first-order chi connectivity index (χ1) is 14.1. The fraction of sp³-hybridized carbons (Fsp3) is 0.636. The quantitative estimate of drug-likeness (QED) is 0.653. The molecule has 2 aliphatic rings. The van der Waals surface area contributed by atoms with Gasteiger partial charge in [-0.15, -0.1) is 11.6 Å². The summed E-state index contributed by atoms with van der Waals surface area (Å²) in [5.74, 6) is 0.190. The molecule has 1 saturated carbocycles. The van der Waals surface area contributed by atoms with Crippen molar-refractivity contribution in [2.24, 2.45) is 5.41 Å². The zero-order chi connectivity index (χ0) is 21.9. The van der Waals surface area contributed by atoms with Gasteiger partial charge in [-0.25, -0.2) is 4.79 Å². The fourth-order valence-corrected chi connectivity index (χ4v) is 3.70. The molecule has 3 rings (SSSR count). The molecule has 0 radical (unpaired) electrons. The van der Waals surface area contributed by atoms with Crippen molar-refractivity contribution < 1.29 is 24.2 Å². The first-order valence-electron chi connectivity index (χ1n) is 10.4. The summed E-state index contributed by atoms with van der Waals surface area (Å²) < 4.78 is 11.5. The van der Waals surface area contributed by atoms with Crippen LogP contribution in [0.25, 0.3) is 0 Å². The van der Waals surface area contributed by atoms with E-state index in [0.717, 1.165) is 24.2 Å². The number of para-hydroxylation sites is 1. The van der Waals surface area contributed by atoms with E-state index >= 15 is 0 Å². The monoisotopic (exact) mass is 438 g/mol. The van der Waals surface area contributed by atoms with Crippen LogP contribution in [0.3, 0.4) is 0 Å². The van der Waals surface area contributed by atoms with Gasteiger partial charge in [-0.2, -0.15) is 0 Å². The fourth-order valence-electron chi connectivity index (χ4n) is 3.49. The number of nitrogens with zero attached hydrogens (tertiary/aromatic N) is 2. The number of carboxylic acid groups (broad SMARTS) is 1. The molecule has 0 aromatic heterocycles. The van der Waals surface area contributed by atoms with Crippen molar-refractivity contribution in [3.8, 4) is 5.75 Å². The van der Waals surface area contributed by atoms with E-state index in [1.165, 1.54) is 0 Å². The minimum atomic E-state index is -0.800. The number of piperazine rings is 1. The predicted octanol–water partition coefficient (Wildman–Crippen LogP) is 3.72. The summed E-state index contributed by atoms with van der Waals surface area (Å²) in [5.41, 5.74) is 0.593. The van der Waals surface area contributed by atoms with Gasteiger partial charge in [0.05, 0.1) is 5.88 Å².